The second-order valence-corrected chi connectivity index (χ2v) is 6.98. The van der Waals surface area contributed by atoms with Gasteiger partial charge in [0.15, 0.2) is 0 Å². The van der Waals surface area contributed by atoms with Gasteiger partial charge in [-0.15, -0.1) is 0 Å². The van der Waals surface area contributed by atoms with E-state index in [0.717, 1.165) is 36.6 Å². The van der Waals surface area contributed by atoms with Gasteiger partial charge in [-0.2, -0.15) is 0 Å². The minimum atomic E-state index is 0.550. The maximum atomic E-state index is 6.00. The summed E-state index contributed by atoms with van der Waals surface area (Å²) in [7, 11) is 0. The second kappa shape index (κ2) is 8.34. The molecule has 0 aliphatic carbocycles. The van der Waals surface area contributed by atoms with Crippen molar-refractivity contribution in [3.63, 3.8) is 0 Å². The molecule has 0 radical (unpaired) electrons. The zero-order chi connectivity index (χ0) is 17.6. The Hall–Kier alpha value is -2.07. The van der Waals surface area contributed by atoms with Gasteiger partial charge in [0.05, 0.1) is 12.3 Å². The van der Waals surface area contributed by atoms with Crippen LogP contribution in [0, 0.1) is 13.8 Å². The third-order valence-electron chi connectivity index (χ3n) is 4.87. The van der Waals surface area contributed by atoms with E-state index in [2.05, 4.69) is 35.9 Å². The third kappa shape index (κ3) is 4.73. The molecule has 0 saturated carbocycles. The normalized spacial score (nSPS) is 15.3. The van der Waals surface area contributed by atoms with Gasteiger partial charge in [0, 0.05) is 12.1 Å². The molecule has 25 heavy (non-hydrogen) atoms. The predicted octanol–water partition coefficient (Wildman–Crippen LogP) is 4.20. The maximum absolute atomic E-state index is 6.00. The first-order chi connectivity index (χ1) is 12.1. The first-order valence-electron chi connectivity index (χ1n) is 9.33. The number of benzene rings is 1. The molecule has 1 saturated heterocycles. The van der Waals surface area contributed by atoms with E-state index >= 15 is 0 Å². The Balaban J connectivity index is 1.60. The number of hydrogen-bond acceptors (Lipinski definition) is 4. The molecule has 0 amide bonds. The third-order valence-corrected chi connectivity index (χ3v) is 4.87. The Morgan fingerprint density at radius 2 is 1.80 bits per heavy atom. The first kappa shape index (κ1) is 17.7. The van der Waals surface area contributed by atoms with Crippen LogP contribution in [0.1, 0.15) is 36.8 Å². The van der Waals surface area contributed by atoms with Crippen LogP contribution in [0.2, 0.25) is 0 Å². The number of hydrogen-bond donors (Lipinski definition) is 1. The van der Waals surface area contributed by atoms with Crippen LogP contribution >= 0.6 is 0 Å². The minimum absolute atomic E-state index is 0.550. The van der Waals surface area contributed by atoms with E-state index in [-0.39, 0.29) is 0 Å². The Labute approximate surface area is 151 Å². The number of ether oxygens (including phenoxy) is 1. The van der Waals surface area contributed by atoms with E-state index in [0.29, 0.717) is 5.82 Å². The number of aromatic nitrogens is 1. The first-order valence-corrected chi connectivity index (χ1v) is 9.33. The van der Waals surface area contributed by atoms with Crippen molar-refractivity contribution in [2.24, 2.45) is 0 Å². The zero-order valence-electron chi connectivity index (χ0n) is 15.4. The largest absolute Gasteiger partial charge is 0.494 e. The number of anilines is 1. The zero-order valence-corrected chi connectivity index (χ0v) is 15.4. The van der Waals surface area contributed by atoms with Crippen LogP contribution in [0.4, 0.5) is 5.82 Å². The number of nitrogens with zero attached hydrogens (tertiary/aromatic N) is 2. The average molecular weight is 339 g/mol. The number of piperidine rings is 1. The summed E-state index contributed by atoms with van der Waals surface area (Å²) in [5, 5.41) is 0. The quantitative estimate of drug-likeness (QED) is 0.801. The van der Waals surface area contributed by atoms with Crippen LogP contribution in [0.25, 0.3) is 11.3 Å². The summed E-state index contributed by atoms with van der Waals surface area (Å²) in [6, 6.07) is 9.97. The van der Waals surface area contributed by atoms with E-state index in [9.17, 15) is 0 Å². The van der Waals surface area contributed by atoms with Gasteiger partial charge in [0.25, 0.3) is 0 Å². The maximum Gasteiger partial charge on any atom is 0.124 e. The van der Waals surface area contributed by atoms with Gasteiger partial charge in [-0.1, -0.05) is 12.5 Å². The summed E-state index contributed by atoms with van der Waals surface area (Å²) < 4.78 is 6.00. The molecule has 3 rings (SSSR count). The van der Waals surface area contributed by atoms with Crippen LogP contribution in [-0.4, -0.2) is 36.1 Å². The lowest BCUT2D eigenvalue weighted by atomic mass is 9.99. The molecular weight excluding hydrogens is 310 g/mol. The molecule has 4 nitrogen and oxygen atoms in total. The van der Waals surface area contributed by atoms with Crippen molar-refractivity contribution in [3.8, 4) is 17.0 Å². The summed E-state index contributed by atoms with van der Waals surface area (Å²) in [4.78, 5) is 7.01. The lowest BCUT2D eigenvalue weighted by Crippen LogP contribution is -2.31. The van der Waals surface area contributed by atoms with E-state index in [1.165, 1.54) is 43.5 Å². The Morgan fingerprint density at radius 3 is 2.48 bits per heavy atom. The molecular formula is C21H29N3O. The van der Waals surface area contributed by atoms with Gasteiger partial charge in [-0.25, -0.2) is 4.98 Å². The standard InChI is InChI=1S/C21H29N3O/c1-16-14-18(25-13-7-12-24-10-4-3-5-11-24)15-17(2)21(16)19-8-6-9-20(22)23-19/h6,8-9,14-15H,3-5,7,10-13H2,1-2H3,(H2,22,23). The highest BCUT2D eigenvalue weighted by atomic mass is 16.5. The molecule has 0 unspecified atom stereocenters. The Morgan fingerprint density at radius 1 is 1.08 bits per heavy atom. The number of nitrogens with two attached hydrogens (primary N) is 1. The number of rotatable bonds is 6. The summed E-state index contributed by atoms with van der Waals surface area (Å²) in [6.07, 6.45) is 5.16. The van der Waals surface area contributed by atoms with Crippen molar-refractivity contribution in [1.82, 2.24) is 9.88 Å². The highest BCUT2D eigenvalue weighted by Gasteiger charge is 2.11. The number of likely N-dealkylation sites (tertiary alicyclic amines) is 1. The number of nitrogen functional groups attached to an aromatic ring is 1. The van der Waals surface area contributed by atoms with Crippen LogP contribution in [0.3, 0.4) is 0 Å². The molecule has 0 bridgehead atoms. The molecule has 1 aliphatic heterocycles. The topological polar surface area (TPSA) is 51.4 Å². The molecule has 2 aromatic rings. The monoisotopic (exact) mass is 339 g/mol. The van der Waals surface area contributed by atoms with Crippen molar-refractivity contribution >= 4 is 5.82 Å². The second-order valence-electron chi connectivity index (χ2n) is 6.98. The molecule has 4 heteroatoms. The number of aryl methyl sites for hydroxylation is 2. The molecule has 1 aromatic carbocycles. The fraction of sp³-hybridized carbons (Fsp3) is 0.476. The molecule has 2 heterocycles. The van der Waals surface area contributed by atoms with Crippen LogP contribution < -0.4 is 10.5 Å². The average Bonchev–Trinajstić information content (AvgIpc) is 2.59. The lowest BCUT2D eigenvalue weighted by molar-refractivity contribution is 0.205. The Bertz CT molecular complexity index is 685. The highest BCUT2D eigenvalue weighted by molar-refractivity contribution is 5.69. The minimum Gasteiger partial charge on any atom is -0.494 e. The van der Waals surface area contributed by atoms with Gasteiger partial charge in [-0.05, 0) is 81.6 Å². The van der Waals surface area contributed by atoms with Crippen molar-refractivity contribution < 1.29 is 4.74 Å². The van der Waals surface area contributed by atoms with Gasteiger partial charge < -0.3 is 15.4 Å². The van der Waals surface area contributed by atoms with E-state index < -0.39 is 0 Å². The molecule has 0 spiro atoms. The SMILES string of the molecule is Cc1cc(OCCCN2CCCCC2)cc(C)c1-c1cccc(N)n1. The molecule has 1 aliphatic rings. The van der Waals surface area contributed by atoms with Crippen molar-refractivity contribution in [3.05, 3.63) is 41.5 Å². The van der Waals surface area contributed by atoms with Crippen molar-refractivity contribution in [1.29, 1.82) is 0 Å². The Kier molecular flexibility index (Phi) is 5.92. The van der Waals surface area contributed by atoms with Gasteiger partial charge in [-0.3, -0.25) is 0 Å². The number of pyridine rings is 1. The van der Waals surface area contributed by atoms with Gasteiger partial charge >= 0.3 is 0 Å². The van der Waals surface area contributed by atoms with Crippen LogP contribution in [-0.2, 0) is 0 Å². The van der Waals surface area contributed by atoms with Gasteiger partial charge in [0.2, 0.25) is 0 Å². The van der Waals surface area contributed by atoms with Crippen LogP contribution in [0.15, 0.2) is 30.3 Å². The molecule has 134 valence electrons. The van der Waals surface area contributed by atoms with Crippen molar-refractivity contribution in [2.45, 2.75) is 39.5 Å². The van der Waals surface area contributed by atoms with E-state index in [1.807, 2.05) is 18.2 Å². The summed E-state index contributed by atoms with van der Waals surface area (Å²) in [5.74, 6) is 1.50. The molecule has 1 fully saturated rings. The summed E-state index contributed by atoms with van der Waals surface area (Å²) in [5.41, 5.74) is 10.2. The predicted molar refractivity (Wildman–Crippen MR) is 104 cm³/mol. The van der Waals surface area contributed by atoms with Crippen molar-refractivity contribution in [2.75, 3.05) is 32.0 Å². The van der Waals surface area contributed by atoms with E-state index in [1.54, 1.807) is 0 Å². The summed E-state index contributed by atoms with van der Waals surface area (Å²) in [6.45, 7) is 8.62. The lowest BCUT2D eigenvalue weighted by Gasteiger charge is -2.26. The van der Waals surface area contributed by atoms with Crippen LogP contribution in [0.5, 0.6) is 5.75 Å². The smallest absolute Gasteiger partial charge is 0.124 e. The summed E-state index contributed by atoms with van der Waals surface area (Å²) >= 11 is 0. The molecule has 0 atom stereocenters. The highest BCUT2D eigenvalue weighted by Crippen LogP contribution is 2.30. The fourth-order valence-corrected chi connectivity index (χ4v) is 3.66. The van der Waals surface area contributed by atoms with E-state index in [4.69, 9.17) is 10.5 Å². The fourth-order valence-electron chi connectivity index (χ4n) is 3.66. The molecule has 2 N–H and O–H groups in total. The molecule has 1 aromatic heterocycles. The van der Waals surface area contributed by atoms with Gasteiger partial charge in [0.1, 0.15) is 11.6 Å².